The van der Waals surface area contributed by atoms with Crippen molar-refractivity contribution in [1.29, 1.82) is 0 Å². The molecule has 0 fully saturated rings. The van der Waals surface area contributed by atoms with Gasteiger partial charge in [0.2, 0.25) is 5.91 Å². The molecule has 1 amide bonds. The maximum Gasteiger partial charge on any atom is 0.573 e. The van der Waals surface area contributed by atoms with Crippen LogP contribution < -0.4 is 15.5 Å². The van der Waals surface area contributed by atoms with Crippen LogP contribution in [0.2, 0.25) is 0 Å². The van der Waals surface area contributed by atoms with Crippen LogP contribution in [0.4, 0.5) is 18.9 Å². The number of hydrogen-bond donors (Lipinski definition) is 1. The van der Waals surface area contributed by atoms with Gasteiger partial charge < -0.3 is 14.6 Å². The van der Waals surface area contributed by atoms with Crippen molar-refractivity contribution < 1.29 is 22.7 Å². The number of hydrogen-bond acceptors (Lipinski definition) is 3. The van der Waals surface area contributed by atoms with Crippen molar-refractivity contribution in [2.75, 3.05) is 5.32 Å². The van der Waals surface area contributed by atoms with Crippen LogP contribution >= 0.6 is 15.9 Å². The molecule has 158 valence electrons. The number of para-hydroxylation sites is 2. The van der Waals surface area contributed by atoms with Crippen LogP contribution in [0.5, 0.6) is 5.75 Å². The summed E-state index contributed by atoms with van der Waals surface area (Å²) in [4.78, 5) is 25.6. The highest BCUT2D eigenvalue weighted by Gasteiger charge is 2.32. The number of aromatic nitrogens is 1. The lowest BCUT2D eigenvalue weighted by atomic mass is 10.1. The highest BCUT2D eigenvalue weighted by atomic mass is 79.9. The summed E-state index contributed by atoms with van der Waals surface area (Å²) in [5.74, 6) is -1.11. The number of pyridine rings is 1. The van der Waals surface area contributed by atoms with Gasteiger partial charge in [0, 0.05) is 15.2 Å². The molecule has 1 aromatic heterocycles. The second kappa shape index (κ2) is 8.07. The van der Waals surface area contributed by atoms with Crippen molar-refractivity contribution in [3.8, 4) is 5.75 Å². The minimum Gasteiger partial charge on any atom is -0.404 e. The highest BCUT2D eigenvalue weighted by Crippen LogP contribution is 2.33. The fourth-order valence-electron chi connectivity index (χ4n) is 3.39. The molecule has 0 aliphatic carbocycles. The molecular formula is C22H14BrF3N2O3. The van der Waals surface area contributed by atoms with Crippen LogP contribution in [-0.2, 0) is 11.3 Å². The van der Waals surface area contributed by atoms with Crippen LogP contribution in [0, 0.1) is 0 Å². The van der Waals surface area contributed by atoms with Gasteiger partial charge in [-0.05, 0) is 42.5 Å². The van der Waals surface area contributed by atoms with E-state index in [0.717, 1.165) is 6.07 Å². The third kappa shape index (κ3) is 4.41. The fraction of sp³-hybridized carbons (Fsp3) is 0.0909. The molecule has 0 bridgehead atoms. The van der Waals surface area contributed by atoms with Gasteiger partial charge in [-0.25, -0.2) is 0 Å². The number of ether oxygens (including phenoxy) is 1. The number of nitrogens with one attached hydrogen (secondary N) is 1. The quantitative estimate of drug-likeness (QED) is 0.386. The first-order valence-electron chi connectivity index (χ1n) is 9.08. The Balaban J connectivity index is 1.73. The molecule has 4 rings (SSSR count). The van der Waals surface area contributed by atoms with Crippen molar-refractivity contribution in [1.82, 2.24) is 4.57 Å². The Morgan fingerprint density at radius 3 is 2.13 bits per heavy atom. The van der Waals surface area contributed by atoms with E-state index >= 15 is 0 Å². The molecule has 1 heterocycles. The van der Waals surface area contributed by atoms with Gasteiger partial charge in [0.1, 0.15) is 6.54 Å². The molecule has 1 N–H and O–H groups in total. The fourth-order valence-corrected chi connectivity index (χ4v) is 3.73. The van der Waals surface area contributed by atoms with E-state index in [9.17, 15) is 22.8 Å². The molecule has 0 saturated carbocycles. The zero-order valence-electron chi connectivity index (χ0n) is 15.7. The van der Waals surface area contributed by atoms with Crippen LogP contribution in [0.3, 0.4) is 0 Å². The Morgan fingerprint density at radius 1 is 0.968 bits per heavy atom. The lowest BCUT2D eigenvalue weighted by molar-refractivity contribution is -0.274. The predicted molar refractivity (Wildman–Crippen MR) is 115 cm³/mol. The maximum atomic E-state index is 12.8. The minimum atomic E-state index is -4.91. The van der Waals surface area contributed by atoms with Gasteiger partial charge in [0.15, 0.2) is 11.2 Å². The van der Waals surface area contributed by atoms with Gasteiger partial charge in [0.25, 0.3) is 0 Å². The summed E-state index contributed by atoms with van der Waals surface area (Å²) >= 11 is 3.09. The summed E-state index contributed by atoms with van der Waals surface area (Å²) in [5, 5.41) is 3.36. The second-order valence-electron chi connectivity index (χ2n) is 6.69. The van der Waals surface area contributed by atoms with Crippen LogP contribution in [0.15, 0.2) is 76.0 Å². The van der Waals surface area contributed by atoms with Crippen molar-refractivity contribution in [2.24, 2.45) is 0 Å². The largest absolute Gasteiger partial charge is 0.573 e. The molecule has 31 heavy (non-hydrogen) atoms. The Hall–Kier alpha value is -3.33. The first-order valence-corrected chi connectivity index (χ1v) is 9.88. The van der Waals surface area contributed by atoms with Gasteiger partial charge in [-0.15, -0.1) is 13.2 Å². The Morgan fingerprint density at radius 2 is 1.55 bits per heavy atom. The van der Waals surface area contributed by atoms with E-state index in [1.165, 1.54) is 12.1 Å². The molecule has 4 aromatic rings. The SMILES string of the molecule is O=C(Cn1c2ccccc2c(=O)c2ccccc21)Nc1ccc(Br)cc1OC(F)(F)F. The normalized spacial score (nSPS) is 11.6. The van der Waals surface area contributed by atoms with Crippen LogP contribution in [0.1, 0.15) is 0 Å². The molecule has 0 spiro atoms. The average Bonchev–Trinajstić information content (AvgIpc) is 2.72. The number of rotatable bonds is 4. The van der Waals surface area contributed by atoms with Gasteiger partial charge in [-0.1, -0.05) is 40.2 Å². The lowest BCUT2D eigenvalue weighted by Gasteiger charge is -2.17. The van der Waals surface area contributed by atoms with Gasteiger partial charge >= 0.3 is 6.36 Å². The molecule has 0 aliphatic rings. The zero-order valence-corrected chi connectivity index (χ0v) is 17.3. The number of anilines is 1. The molecule has 3 aromatic carbocycles. The molecular weight excluding hydrogens is 477 g/mol. The van der Waals surface area contributed by atoms with Gasteiger partial charge in [-0.2, -0.15) is 0 Å². The Labute approximate surface area is 182 Å². The Kier molecular flexibility index (Phi) is 5.45. The van der Waals surface area contributed by atoms with E-state index in [2.05, 4.69) is 26.0 Å². The zero-order chi connectivity index (χ0) is 22.2. The number of carbonyl (C=O) groups is 1. The number of nitrogens with zero attached hydrogens (tertiary/aromatic N) is 1. The molecule has 0 radical (unpaired) electrons. The van der Waals surface area contributed by atoms with Crippen LogP contribution in [0.25, 0.3) is 21.8 Å². The van der Waals surface area contributed by atoms with Crippen molar-refractivity contribution in [3.63, 3.8) is 0 Å². The molecule has 0 aliphatic heterocycles. The van der Waals surface area contributed by atoms with Gasteiger partial charge in [-0.3, -0.25) is 9.59 Å². The highest BCUT2D eigenvalue weighted by molar-refractivity contribution is 9.10. The number of halogens is 4. The van der Waals surface area contributed by atoms with Crippen molar-refractivity contribution >= 4 is 49.3 Å². The molecule has 0 unspecified atom stereocenters. The molecule has 0 saturated heterocycles. The average molecular weight is 491 g/mol. The summed E-state index contributed by atoms with van der Waals surface area (Å²) in [6.45, 7) is -0.219. The van der Waals surface area contributed by atoms with Crippen molar-refractivity contribution in [2.45, 2.75) is 12.9 Å². The van der Waals surface area contributed by atoms with Crippen LogP contribution in [-0.4, -0.2) is 16.8 Å². The third-order valence-corrected chi connectivity index (χ3v) is 5.12. The van der Waals surface area contributed by atoms with Crippen molar-refractivity contribution in [3.05, 3.63) is 81.4 Å². The number of amides is 1. The monoisotopic (exact) mass is 490 g/mol. The summed E-state index contributed by atoms with van der Waals surface area (Å²) in [6, 6.07) is 17.6. The number of fused-ring (bicyclic) bond motifs is 2. The van der Waals surface area contributed by atoms with E-state index in [-0.39, 0.29) is 17.7 Å². The summed E-state index contributed by atoms with van der Waals surface area (Å²) in [6.07, 6.45) is -4.91. The first-order chi connectivity index (χ1) is 14.7. The lowest BCUT2D eigenvalue weighted by Crippen LogP contribution is -2.23. The summed E-state index contributed by atoms with van der Waals surface area (Å²) in [5.41, 5.74) is 0.810. The minimum absolute atomic E-state index is 0.125. The van der Waals surface area contributed by atoms with E-state index in [0.29, 0.717) is 26.3 Å². The molecule has 5 nitrogen and oxygen atoms in total. The second-order valence-corrected chi connectivity index (χ2v) is 7.60. The summed E-state index contributed by atoms with van der Waals surface area (Å²) in [7, 11) is 0. The third-order valence-electron chi connectivity index (χ3n) is 4.62. The number of carbonyl (C=O) groups excluding carboxylic acids is 1. The smallest absolute Gasteiger partial charge is 0.404 e. The summed E-state index contributed by atoms with van der Waals surface area (Å²) < 4.78 is 44.3. The number of benzene rings is 3. The van der Waals surface area contributed by atoms with E-state index < -0.39 is 18.0 Å². The van der Waals surface area contributed by atoms with E-state index in [1.54, 1.807) is 53.1 Å². The predicted octanol–water partition coefficient (Wildman–Crippen LogP) is 5.45. The standard InChI is InChI=1S/C22H14BrF3N2O3/c23-13-9-10-16(19(11-13)31-22(24,25)26)27-20(29)12-28-17-7-3-1-5-14(17)21(30)15-6-2-4-8-18(15)28/h1-11H,12H2,(H,27,29). The molecule has 9 heteroatoms. The Bertz CT molecular complexity index is 1310. The topological polar surface area (TPSA) is 60.3 Å². The maximum absolute atomic E-state index is 12.8. The molecule has 0 atom stereocenters. The van der Waals surface area contributed by atoms with Gasteiger partial charge in [0.05, 0.1) is 16.7 Å². The first kappa shape index (κ1) is 20.9. The van der Waals surface area contributed by atoms with E-state index in [4.69, 9.17) is 0 Å². The van der Waals surface area contributed by atoms with E-state index in [1.807, 2.05) is 0 Å². The number of alkyl halides is 3.